The van der Waals surface area contributed by atoms with E-state index in [2.05, 4.69) is 21.2 Å². The van der Waals surface area contributed by atoms with E-state index in [1.165, 1.54) is 6.07 Å². The molecule has 21 heavy (non-hydrogen) atoms. The fraction of sp³-hybridized carbons (Fsp3) is 0.538. The second-order valence-electron chi connectivity index (χ2n) is 4.04. The van der Waals surface area contributed by atoms with Crippen LogP contribution in [0.25, 0.3) is 0 Å². The zero-order chi connectivity index (χ0) is 15.7. The summed E-state index contributed by atoms with van der Waals surface area (Å²) in [5, 5.41) is 14.0. The van der Waals surface area contributed by atoms with Crippen molar-refractivity contribution < 1.29 is 19.1 Å². The van der Waals surface area contributed by atoms with Gasteiger partial charge in [-0.1, -0.05) is 0 Å². The van der Waals surface area contributed by atoms with Crippen LogP contribution in [0.3, 0.4) is 0 Å². The minimum absolute atomic E-state index is 0.0182. The molecule has 0 aliphatic heterocycles. The molecule has 0 fully saturated rings. The van der Waals surface area contributed by atoms with Crippen LogP contribution in [0, 0.1) is 10.1 Å². The van der Waals surface area contributed by atoms with Gasteiger partial charge in [0.15, 0.2) is 0 Å². The summed E-state index contributed by atoms with van der Waals surface area (Å²) < 4.78 is 16.3. The molecule has 0 aromatic heterocycles. The van der Waals surface area contributed by atoms with E-state index in [9.17, 15) is 10.1 Å². The van der Waals surface area contributed by atoms with Crippen molar-refractivity contribution in [2.45, 2.75) is 6.92 Å². The number of hydrogen-bond donors (Lipinski definition) is 1. The minimum atomic E-state index is -0.438. The van der Waals surface area contributed by atoms with E-state index in [0.717, 1.165) is 0 Å². The highest BCUT2D eigenvalue weighted by Gasteiger charge is 2.17. The summed E-state index contributed by atoms with van der Waals surface area (Å²) in [6.07, 6.45) is 0. The van der Waals surface area contributed by atoms with Gasteiger partial charge in [-0.05, 0) is 28.9 Å². The second-order valence-corrected chi connectivity index (χ2v) is 4.90. The number of benzene rings is 1. The smallest absolute Gasteiger partial charge is 0.296 e. The number of rotatable bonds is 10. The van der Waals surface area contributed by atoms with Crippen LogP contribution in [0.1, 0.15) is 6.92 Å². The molecule has 0 bridgehead atoms. The van der Waals surface area contributed by atoms with E-state index < -0.39 is 4.92 Å². The summed E-state index contributed by atoms with van der Waals surface area (Å²) in [5.74, 6) is 0.415. The summed E-state index contributed by atoms with van der Waals surface area (Å²) >= 11 is 3.35. The molecule has 1 aromatic carbocycles. The average Bonchev–Trinajstić information content (AvgIpc) is 2.44. The van der Waals surface area contributed by atoms with Gasteiger partial charge >= 0.3 is 0 Å². The van der Waals surface area contributed by atoms with Gasteiger partial charge in [0.2, 0.25) is 0 Å². The van der Waals surface area contributed by atoms with Gasteiger partial charge in [-0.2, -0.15) is 0 Å². The predicted molar refractivity (Wildman–Crippen MR) is 83.2 cm³/mol. The first-order valence-electron chi connectivity index (χ1n) is 6.51. The van der Waals surface area contributed by atoms with Crippen molar-refractivity contribution in [3.05, 3.63) is 26.7 Å². The number of nitro benzene ring substituents is 1. The number of nitrogens with zero attached hydrogens (tertiary/aromatic N) is 1. The standard InChI is InChI=1S/C13H19BrN2O5/c1-3-15-11-8-10(14)13(9-12(11)16(17)18)21-7-6-20-5-4-19-2/h8-9,15H,3-7H2,1-2H3. The Labute approximate surface area is 131 Å². The molecule has 1 N–H and O–H groups in total. The fourth-order valence-corrected chi connectivity index (χ4v) is 2.05. The molecular formula is C13H19BrN2O5. The minimum Gasteiger partial charge on any atom is -0.490 e. The molecule has 0 saturated heterocycles. The molecule has 0 spiro atoms. The Morgan fingerprint density at radius 2 is 2.00 bits per heavy atom. The van der Waals surface area contributed by atoms with Crippen LogP contribution in [-0.4, -0.2) is 45.0 Å². The molecule has 0 unspecified atom stereocenters. The maximum Gasteiger partial charge on any atom is 0.296 e. The summed E-state index contributed by atoms with van der Waals surface area (Å²) in [5.41, 5.74) is 0.438. The van der Waals surface area contributed by atoms with Crippen molar-refractivity contribution in [1.29, 1.82) is 0 Å². The summed E-state index contributed by atoms with van der Waals surface area (Å²) in [6, 6.07) is 3.04. The van der Waals surface area contributed by atoms with Crippen LogP contribution in [0.4, 0.5) is 11.4 Å². The van der Waals surface area contributed by atoms with Crippen LogP contribution in [0.2, 0.25) is 0 Å². The molecule has 0 saturated carbocycles. The molecule has 0 atom stereocenters. The maximum atomic E-state index is 11.1. The maximum absolute atomic E-state index is 11.1. The Morgan fingerprint density at radius 1 is 1.29 bits per heavy atom. The Hall–Kier alpha value is -1.38. The van der Waals surface area contributed by atoms with Gasteiger partial charge in [-0.15, -0.1) is 0 Å². The Bertz CT molecular complexity index is 470. The third-order valence-corrected chi connectivity index (χ3v) is 3.15. The van der Waals surface area contributed by atoms with Crippen molar-refractivity contribution in [3.63, 3.8) is 0 Å². The van der Waals surface area contributed by atoms with Crippen molar-refractivity contribution in [2.75, 3.05) is 45.4 Å². The molecule has 0 amide bonds. The fourth-order valence-electron chi connectivity index (χ4n) is 1.59. The molecule has 0 aliphatic carbocycles. The lowest BCUT2D eigenvalue weighted by Gasteiger charge is -2.11. The lowest BCUT2D eigenvalue weighted by molar-refractivity contribution is -0.384. The number of methoxy groups -OCH3 is 1. The molecule has 118 valence electrons. The first kappa shape index (κ1) is 17.7. The quantitative estimate of drug-likeness (QED) is 0.391. The van der Waals surface area contributed by atoms with Crippen molar-refractivity contribution >= 4 is 27.3 Å². The van der Waals surface area contributed by atoms with Gasteiger partial charge in [0, 0.05) is 13.7 Å². The Kier molecular flexibility index (Phi) is 8.03. The highest BCUT2D eigenvalue weighted by molar-refractivity contribution is 9.10. The van der Waals surface area contributed by atoms with Crippen LogP contribution in [0.15, 0.2) is 16.6 Å². The van der Waals surface area contributed by atoms with Crippen molar-refractivity contribution in [2.24, 2.45) is 0 Å². The molecule has 1 rings (SSSR count). The zero-order valence-corrected chi connectivity index (χ0v) is 13.6. The van der Waals surface area contributed by atoms with E-state index in [1.54, 1.807) is 13.2 Å². The average molecular weight is 363 g/mol. The number of nitrogens with one attached hydrogen (secondary N) is 1. The summed E-state index contributed by atoms with van der Waals surface area (Å²) in [4.78, 5) is 10.6. The number of ether oxygens (including phenoxy) is 3. The van der Waals surface area contributed by atoms with Crippen LogP contribution in [0.5, 0.6) is 5.75 Å². The number of hydrogen-bond acceptors (Lipinski definition) is 6. The number of halogens is 1. The van der Waals surface area contributed by atoms with Gasteiger partial charge in [0.1, 0.15) is 18.0 Å². The Morgan fingerprint density at radius 3 is 2.62 bits per heavy atom. The lowest BCUT2D eigenvalue weighted by Crippen LogP contribution is -2.10. The molecule has 1 aromatic rings. The van der Waals surface area contributed by atoms with E-state index in [-0.39, 0.29) is 5.69 Å². The monoisotopic (exact) mass is 362 g/mol. The predicted octanol–water partition coefficient (Wildman–Crippen LogP) is 2.83. The second kappa shape index (κ2) is 9.54. The normalized spacial score (nSPS) is 10.4. The number of anilines is 1. The lowest BCUT2D eigenvalue weighted by atomic mass is 10.2. The first-order chi connectivity index (χ1) is 10.1. The molecule has 0 aliphatic rings. The van der Waals surface area contributed by atoms with Gasteiger partial charge in [-0.25, -0.2) is 0 Å². The first-order valence-corrected chi connectivity index (χ1v) is 7.30. The molecule has 0 radical (unpaired) electrons. The van der Waals surface area contributed by atoms with Gasteiger partial charge in [-0.3, -0.25) is 10.1 Å². The largest absolute Gasteiger partial charge is 0.490 e. The van der Waals surface area contributed by atoms with Crippen molar-refractivity contribution in [1.82, 2.24) is 0 Å². The SMILES string of the molecule is CCNc1cc(Br)c(OCCOCCOC)cc1[N+](=O)[O-]. The third-order valence-electron chi connectivity index (χ3n) is 2.53. The van der Waals surface area contributed by atoms with E-state index >= 15 is 0 Å². The van der Waals surface area contributed by atoms with E-state index in [4.69, 9.17) is 14.2 Å². The van der Waals surface area contributed by atoms with Gasteiger partial charge in [0.25, 0.3) is 5.69 Å². The molecular weight excluding hydrogens is 344 g/mol. The molecule has 0 heterocycles. The van der Waals surface area contributed by atoms with Crippen LogP contribution >= 0.6 is 15.9 Å². The van der Waals surface area contributed by atoms with Gasteiger partial charge in [0.05, 0.1) is 35.3 Å². The third kappa shape index (κ3) is 5.86. The zero-order valence-electron chi connectivity index (χ0n) is 12.1. The number of nitro groups is 1. The highest BCUT2D eigenvalue weighted by Crippen LogP contribution is 2.36. The van der Waals surface area contributed by atoms with Gasteiger partial charge < -0.3 is 19.5 Å². The Balaban J connectivity index is 2.65. The highest BCUT2D eigenvalue weighted by atomic mass is 79.9. The van der Waals surface area contributed by atoms with Crippen molar-refractivity contribution in [3.8, 4) is 5.75 Å². The topological polar surface area (TPSA) is 82.9 Å². The van der Waals surface area contributed by atoms with E-state index in [1.807, 2.05) is 6.92 Å². The molecule has 7 nitrogen and oxygen atoms in total. The summed E-state index contributed by atoms with van der Waals surface area (Å²) in [6.45, 7) is 4.17. The molecule has 8 heteroatoms. The van der Waals surface area contributed by atoms with Crippen LogP contribution < -0.4 is 10.1 Å². The summed E-state index contributed by atoms with van der Waals surface area (Å²) in [7, 11) is 1.60. The van der Waals surface area contributed by atoms with E-state index in [0.29, 0.717) is 48.9 Å². The van der Waals surface area contributed by atoms with Crippen LogP contribution in [-0.2, 0) is 9.47 Å².